The lowest BCUT2D eigenvalue weighted by Crippen LogP contribution is -2.36. The van der Waals surface area contributed by atoms with Gasteiger partial charge in [0.15, 0.2) is 0 Å². The minimum atomic E-state index is 0.0514. The number of rotatable bonds is 5. The van der Waals surface area contributed by atoms with Gasteiger partial charge in [-0.3, -0.25) is 9.78 Å². The largest absolute Gasteiger partial charge is 0.309 e. The molecule has 0 unspecified atom stereocenters. The van der Waals surface area contributed by atoms with E-state index < -0.39 is 0 Å². The minimum Gasteiger partial charge on any atom is -0.309 e. The van der Waals surface area contributed by atoms with Crippen molar-refractivity contribution in [2.24, 2.45) is 0 Å². The summed E-state index contributed by atoms with van der Waals surface area (Å²) < 4.78 is 1.76. The molecule has 23 heavy (non-hydrogen) atoms. The quantitative estimate of drug-likeness (QED) is 0.916. The van der Waals surface area contributed by atoms with E-state index in [-0.39, 0.29) is 11.6 Å². The standard InChI is InChI=1S/C17H22N4OS/c22-17-8-7-16(12-1-2-12)20-21(17)14-5-3-13(4-6-14)19-10-15-9-18-11-23-15/h7-9,11-14,19H,1-6,10H2. The number of nitrogens with one attached hydrogen (secondary N) is 1. The summed E-state index contributed by atoms with van der Waals surface area (Å²) in [6.45, 7) is 0.898. The molecule has 6 heteroatoms. The van der Waals surface area contributed by atoms with E-state index in [0.29, 0.717) is 12.0 Å². The van der Waals surface area contributed by atoms with Crippen LogP contribution in [0.5, 0.6) is 0 Å². The first-order chi connectivity index (χ1) is 11.3. The van der Waals surface area contributed by atoms with E-state index in [9.17, 15) is 4.79 Å². The molecule has 2 saturated carbocycles. The Balaban J connectivity index is 1.35. The minimum absolute atomic E-state index is 0.0514. The highest BCUT2D eigenvalue weighted by Crippen LogP contribution is 2.38. The molecule has 0 aliphatic heterocycles. The van der Waals surface area contributed by atoms with E-state index >= 15 is 0 Å². The second kappa shape index (κ2) is 6.53. The molecular formula is C17H22N4OS. The van der Waals surface area contributed by atoms with Crippen molar-refractivity contribution in [3.05, 3.63) is 44.8 Å². The maximum Gasteiger partial charge on any atom is 0.267 e. The third-order valence-corrected chi connectivity index (χ3v) is 5.71. The molecule has 0 radical (unpaired) electrons. The lowest BCUT2D eigenvalue weighted by molar-refractivity contribution is 0.267. The molecule has 2 aliphatic rings. The summed E-state index contributed by atoms with van der Waals surface area (Å²) in [6, 6.07) is 4.42. The average molecular weight is 330 g/mol. The second-order valence-corrected chi connectivity index (χ2v) is 7.64. The molecule has 4 rings (SSSR count). The van der Waals surface area contributed by atoms with Crippen LogP contribution < -0.4 is 10.9 Å². The van der Waals surface area contributed by atoms with E-state index in [1.54, 1.807) is 22.1 Å². The fourth-order valence-corrected chi connectivity index (χ4v) is 3.94. The van der Waals surface area contributed by atoms with Crippen molar-refractivity contribution in [1.82, 2.24) is 20.1 Å². The summed E-state index contributed by atoms with van der Waals surface area (Å²) in [5.74, 6) is 0.597. The average Bonchev–Trinajstić information content (AvgIpc) is 3.30. The zero-order valence-electron chi connectivity index (χ0n) is 13.1. The molecule has 0 aromatic carbocycles. The predicted molar refractivity (Wildman–Crippen MR) is 90.7 cm³/mol. The van der Waals surface area contributed by atoms with Gasteiger partial charge in [0, 0.05) is 35.6 Å². The van der Waals surface area contributed by atoms with Gasteiger partial charge in [0.05, 0.1) is 17.2 Å². The Bertz CT molecular complexity index is 700. The number of thiazole rings is 1. The molecule has 2 aromatic rings. The Labute approximate surface area is 139 Å². The Morgan fingerprint density at radius 1 is 1.17 bits per heavy atom. The van der Waals surface area contributed by atoms with Crippen LogP contribution in [0, 0.1) is 0 Å². The van der Waals surface area contributed by atoms with E-state index in [0.717, 1.165) is 37.9 Å². The Kier molecular flexibility index (Phi) is 4.27. The second-order valence-electron chi connectivity index (χ2n) is 6.67. The Morgan fingerprint density at radius 3 is 2.70 bits per heavy atom. The molecule has 0 bridgehead atoms. The van der Waals surface area contributed by atoms with Gasteiger partial charge in [-0.15, -0.1) is 11.3 Å². The first-order valence-corrected chi connectivity index (χ1v) is 9.38. The van der Waals surface area contributed by atoms with Crippen LogP contribution >= 0.6 is 11.3 Å². The molecule has 0 amide bonds. The SMILES string of the molecule is O=c1ccc(C2CC2)nn1C1CCC(NCc2cncs2)CC1. The number of nitrogens with zero attached hydrogens (tertiary/aromatic N) is 3. The molecule has 2 heterocycles. The van der Waals surface area contributed by atoms with Crippen molar-refractivity contribution in [1.29, 1.82) is 0 Å². The van der Waals surface area contributed by atoms with Gasteiger partial charge >= 0.3 is 0 Å². The van der Waals surface area contributed by atoms with Crippen molar-refractivity contribution in [3.8, 4) is 0 Å². The molecular weight excluding hydrogens is 308 g/mol. The monoisotopic (exact) mass is 330 g/mol. The molecule has 0 atom stereocenters. The fraction of sp³-hybridized carbons (Fsp3) is 0.588. The van der Waals surface area contributed by atoms with Gasteiger partial charge in [0.2, 0.25) is 0 Å². The van der Waals surface area contributed by atoms with Crippen LogP contribution in [0.1, 0.15) is 61.1 Å². The summed E-state index contributed by atoms with van der Waals surface area (Å²) >= 11 is 1.69. The Hall–Kier alpha value is -1.53. The maximum atomic E-state index is 12.2. The van der Waals surface area contributed by atoms with Crippen LogP contribution in [0.15, 0.2) is 28.6 Å². The van der Waals surface area contributed by atoms with Crippen LogP contribution in [0.4, 0.5) is 0 Å². The summed E-state index contributed by atoms with van der Waals surface area (Å²) in [6.07, 6.45) is 8.63. The molecule has 0 spiro atoms. The van der Waals surface area contributed by atoms with Crippen molar-refractivity contribution in [2.75, 3.05) is 0 Å². The van der Waals surface area contributed by atoms with Gasteiger partial charge in [-0.05, 0) is 44.6 Å². The van der Waals surface area contributed by atoms with Crippen molar-refractivity contribution in [2.45, 2.75) is 63.1 Å². The highest BCUT2D eigenvalue weighted by atomic mass is 32.1. The first-order valence-electron chi connectivity index (χ1n) is 8.50. The highest BCUT2D eigenvalue weighted by Gasteiger charge is 2.28. The number of aromatic nitrogens is 3. The highest BCUT2D eigenvalue weighted by molar-refractivity contribution is 7.09. The summed E-state index contributed by atoms with van der Waals surface area (Å²) in [4.78, 5) is 17.5. The molecule has 2 fully saturated rings. The zero-order chi connectivity index (χ0) is 15.6. The van der Waals surface area contributed by atoms with Gasteiger partial charge < -0.3 is 5.32 Å². The normalized spacial score (nSPS) is 24.7. The number of hydrogen-bond donors (Lipinski definition) is 1. The van der Waals surface area contributed by atoms with Crippen molar-refractivity contribution < 1.29 is 0 Å². The van der Waals surface area contributed by atoms with Gasteiger partial charge in [0.25, 0.3) is 5.56 Å². The van der Waals surface area contributed by atoms with E-state index in [1.807, 2.05) is 17.8 Å². The predicted octanol–water partition coefficient (Wildman–Crippen LogP) is 2.85. The van der Waals surface area contributed by atoms with E-state index in [1.165, 1.54) is 17.7 Å². The van der Waals surface area contributed by atoms with Crippen LogP contribution in [0.25, 0.3) is 0 Å². The lowest BCUT2D eigenvalue weighted by atomic mass is 9.91. The van der Waals surface area contributed by atoms with Crippen LogP contribution in [-0.2, 0) is 6.54 Å². The fourth-order valence-electron chi connectivity index (χ4n) is 3.40. The molecule has 2 aliphatic carbocycles. The van der Waals surface area contributed by atoms with Gasteiger partial charge in [-0.25, -0.2) is 4.68 Å². The zero-order valence-corrected chi connectivity index (χ0v) is 14.0. The van der Waals surface area contributed by atoms with Crippen molar-refractivity contribution in [3.63, 3.8) is 0 Å². The third kappa shape index (κ3) is 3.53. The molecule has 5 nitrogen and oxygen atoms in total. The first kappa shape index (κ1) is 15.0. The smallest absolute Gasteiger partial charge is 0.267 e. The number of hydrogen-bond acceptors (Lipinski definition) is 5. The summed E-state index contributed by atoms with van der Waals surface area (Å²) in [5.41, 5.74) is 3.03. The topological polar surface area (TPSA) is 59.8 Å². The Morgan fingerprint density at radius 2 is 2.00 bits per heavy atom. The third-order valence-electron chi connectivity index (χ3n) is 4.93. The van der Waals surface area contributed by atoms with Gasteiger partial charge in [0.1, 0.15) is 0 Å². The molecule has 1 N–H and O–H groups in total. The lowest BCUT2D eigenvalue weighted by Gasteiger charge is -2.29. The van der Waals surface area contributed by atoms with Crippen LogP contribution in [0.2, 0.25) is 0 Å². The molecule has 2 aromatic heterocycles. The summed E-state index contributed by atoms with van der Waals surface area (Å²) in [7, 11) is 0. The molecule has 122 valence electrons. The summed E-state index contributed by atoms with van der Waals surface area (Å²) in [5, 5.41) is 8.26. The van der Waals surface area contributed by atoms with E-state index in [4.69, 9.17) is 0 Å². The molecule has 0 saturated heterocycles. The van der Waals surface area contributed by atoms with Gasteiger partial charge in [-0.1, -0.05) is 0 Å². The van der Waals surface area contributed by atoms with Crippen LogP contribution in [0.3, 0.4) is 0 Å². The van der Waals surface area contributed by atoms with Crippen LogP contribution in [-0.4, -0.2) is 20.8 Å². The maximum absolute atomic E-state index is 12.2. The van der Waals surface area contributed by atoms with Gasteiger partial charge in [-0.2, -0.15) is 5.10 Å². The van der Waals surface area contributed by atoms with Crippen molar-refractivity contribution >= 4 is 11.3 Å². The van der Waals surface area contributed by atoms with E-state index in [2.05, 4.69) is 15.4 Å².